The first-order valence-electron chi connectivity index (χ1n) is 4.96. The van der Waals surface area contributed by atoms with Crippen LogP contribution in [0.25, 0.3) is 10.9 Å². The van der Waals surface area contributed by atoms with Crippen molar-refractivity contribution in [2.24, 2.45) is 0 Å². The first-order valence-corrected chi connectivity index (χ1v) is 5.75. The van der Waals surface area contributed by atoms with Crippen LogP contribution in [-0.2, 0) is 6.42 Å². The molecule has 0 unspecified atom stereocenters. The SMILES string of the molecule is CC#CCCc1c[nH]c2ccc(Br)cc12. The van der Waals surface area contributed by atoms with Gasteiger partial charge in [0.05, 0.1) is 0 Å². The number of benzene rings is 1. The number of halogens is 1. The van der Waals surface area contributed by atoms with Crippen LogP contribution in [0.15, 0.2) is 28.9 Å². The number of fused-ring (bicyclic) bond motifs is 1. The molecule has 1 N–H and O–H groups in total. The van der Waals surface area contributed by atoms with Gasteiger partial charge in [0.25, 0.3) is 0 Å². The molecule has 76 valence electrons. The molecule has 15 heavy (non-hydrogen) atoms. The summed E-state index contributed by atoms with van der Waals surface area (Å²) in [6.07, 6.45) is 4.02. The predicted molar refractivity (Wildman–Crippen MR) is 67.8 cm³/mol. The third kappa shape index (κ3) is 2.24. The van der Waals surface area contributed by atoms with Crippen molar-refractivity contribution in [1.82, 2.24) is 4.98 Å². The molecule has 0 spiro atoms. The third-order valence-electron chi connectivity index (χ3n) is 2.43. The number of hydrogen-bond acceptors (Lipinski definition) is 0. The largest absolute Gasteiger partial charge is 0.361 e. The lowest BCUT2D eigenvalue weighted by Crippen LogP contribution is -1.80. The summed E-state index contributed by atoms with van der Waals surface area (Å²) in [5.41, 5.74) is 2.53. The maximum atomic E-state index is 3.49. The second-order valence-corrected chi connectivity index (χ2v) is 4.35. The van der Waals surface area contributed by atoms with E-state index in [4.69, 9.17) is 0 Å². The topological polar surface area (TPSA) is 15.8 Å². The predicted octanol–water partition coefficient (Wildman–Crippen LogP) is 3.89. The van der Waals surface area contributed by atoms with Crippen LogP contribution in [0.5, 0.6) is 0 Å². The Morgan fingerprint density at radius 1 is 1.40 bits per heavy atom. The summed E-state index contributed by atoms with van der Waals surface area (Å²) < 4.78 is 1.12. The molecular weight excluding hydrogens is 250 g/mol. The van der Waals surface area contributed by atoms with Crippen LogP contribution in [0.4, 0.5) is 0 Å². The molecular formula is C13H12BrN. The van der Waals surface area contributed by atoms with Gasteiger partial charge in [-0.05, 0) is 37.1 Å². The van der Waals surface area contributed by atoms with E-state index in [0.29, 0.717) is 0 Å². The Bertz CT molecular complexity index is 528. The summed E-state index contributed by atoms with van der Waals surface area (Å²) in [6, 6.07) is 6.30. The van der Waals surface area contributed by atoms with E-state index < -0.39 is 0 Å². The Morgan fingerprint density at radius 3 is 3.07 bits per heavy atom. The highest BCUT2D eigenvalue weighted by Gasteiger charge is 2.02. The fourth-order valence-electron chi connectivity index (χ4n) is 1.68. The number of aryl methyl sites for hydroxylation is 1. The Balaban J connectivity index is 2.33. The molecule has 1 aromatic heterocycles. The molecule has 0 saturated heterocycles. The summed E-state index contributed by atoms with van der Waals surface area (Å²) in [6.45, 7) is 1.88. The quantitative estimate of drug-likeness (QED) is 0.790. The maximum Gasteiger partial charge on any atom is 0.0457 e. The maximum absolute atomic E-state index is 3.49. The Kier molecular flexibility index (Phi) is 3.13. The van der Waals surface area contributed by atoms with Crippen molar-refractivity contribution in [2.45, 2.75) is 19.8 Å². The van der Waals surface area contributed by atoms with Crippen molar-refractivity contribution in [1.29, 1.82) is 0 Å². The van der Waals surface area contributed by atoms with Crippen LogP contribution in [0.2, 0.25) is 0 Å². The average molecular weight is 262 g/mol. The monoisotopic (exact) mass is 261 g/mol. The van der Waals surface area contributed by atoms with Gasteiger partial charge >= 0.3 is 0 Å². The molecule has 0 fully saturated rings. The van der Waals surface area contributed by atoms with Gasteiger partial charge in [-0.1, -0.05) is 15.9 Å². The van der Waals surface area contributed by atoms with Crippen LogP contribution in [-0.4, -0.2) is 4.98 Å². The Hall–Kier alpha value is -1.20. The molecule has 0 aliphatic heterocycles. The molecule has 0 amide bonds. The molecule has 0 radical (unpaired) electrons. The van der Waals surface area contributed by atoms with E-state index in [2.05, 4.69) is 57.2 Å². The molecule has 0 bridgehead atoms. The zero-order chi connectivity index (χ0) is 10.7. The molecule has 2 rings (SSSR count). The fourth-order valence-corrected chi connectivity index (χ4v) is 2.04. The third-order valence-corrected chi connectivity index (χ3v) is 2.92. The number of aromatic nitrogens is 1. The summed E-state index contributed by atoms with van der Waals surface area (Å²) in [5.74, 6) is 6.01. The van der Waals surface area contributed by atoms with E-state index in [9.17, 15) is 0 Å². The zero-order valence-electron chi connectivity index (χ0n) is 8.60. The van der Waals surface area contributed by atoms with Crippen LogP contribution >= 0.6 is 15.9 Å². The molecule has 2 heteroatoms. The molecule has 1 nitrogen and oxygen atoms in total. The summed E-state index contributed by atoms with van der Waals surface area (Å²) in [5, 5.41) is 1.29. The van der Waals surface area contributed by atoms with E-state index in [-0.39, 0.29) is 0 Å². The Morgan fingerprint density at radius 2 is 2.27 bits per heavy atom. The lowest BCUT2D eigenvalue weighted by molar-refractivity contribution is 1.04. The normalized spacial score (nSPS) is 10.0. The van der Waals surface area contributed by atoms with Crippen LogP contribution < -0.4 is 0 Å². The minimum atomic E-state index is 0.927. The van der Waals surface area contributed by atoms with Gasteiger partial charge in [-0.3, -0.25) is 0 Å². The van der Waals surface area contributed by atoms with E-state index >= 15 is 0 Å². The summed E-state index contributed by atoms with van der Waals surface area (Å²) in [4.78, 5) is 3.27. The van der Waals surface area contributed by atoms with Gasteiger partial charge in [-0.15, -0.1) is 11.8 Å². The van der Waals surface area contributed by atoms with Gasteiger partial charge in [0, 0.05) is 28.0 Å². The first kappa shape index (κ1) is 10.3. The minimum absolute atomic E-state index is 0.927. The minimum Gasteiger partial charge on any atom is -0.361 e. The van der Waals surface area contributed by atoms with Crippen molar-refractivity contribution in [3.8, 4) is 11.8 Å². The van der Waals surface area contributed by atoms with Gasteiger partial charge < -0.3 is 4.98 Å². The van der Waals surface area contributed by atoms with Gasteiger partial charge in [0.2, 0.25) is 0 Å². The van der Waals surface area contributed by atoms with Crippen LogP contribution in [0.3, 0.4) is 0 Å². The summed E-state index contributed by atoms with van der Waals surface area (Å²) in [7, 11) is 0. The fraction of sp³-hybridized carbons (Fsp3) is 0.231. The number of rotatable bonds is 2. The smallest absolute Gasteiger partial charge is 0.0457 e. The average Bonchev–Trinajstić information content (AvgIpc) is 2.62. The standard InChI is InChI=1S/C13H12BrN/c1-2-3-4-5-10-9-15-13-7-6-11(14)8-12(10)13/h6-9,15H,4-5H2,1H3. The van der Waals surface area contributed by atoms with Crippen molar-refractivity contribution < 1.29 is 0 Å². The molecule has 0 saturated carbocycles. The molecule has 2 aromatic rings. The highest BCUT2D eigenvalue weighted by atomic mass is 79.9. The number of hydrogen-bond donors (Lipinski definition) is 1. The van der Waals surface area contributed by atoms with Gasteiger partial charge in [0.1, 0.15) is 0 Å². The number of nitrogens with one attached hydrogen (secondary N) is 1. The molecule has 1 aromatic carbocycles. The lowest BCUT2D eigenvalue weighted by Gasteiger charge is -1.96. The van der Waals surface area contributed by atoms with Crippen LogP contribution in [0.1, 0.15) is 18.9 Å². The van der Waals surface area contributed by atoms with Crippen molar-refractivity contribution in [3.05, 3.63) is 34.4 Å². The zero-order valence-corrected chi connectivity index (χ0v) is 10.2. The lowest BCUT2D eigenvalue weighted by atomic mass is 10.1. The van der Waals surface area contributed by atoms with Crippen molar-refractivity contribution >= 4 is 26.8 Å². The number of aromatic amines is 1. The van der Waals surface area contributed by atoms with Crippen molar-refractivity contribution in [2.75, 3.05) is 0 Å². The molecule has 0 atom stereocenters. The molecule has 0 aliphatic rings. The van der Waals surface area contributed by atoms with Gasteiger partial charge in [-0.25, -0.2) is 0 Å². The van der Waals surface area contributed by atoms with E-state index in [1.165, 1.54) is 16.5 Å². The van der Waals surface area contributed by atoms with Gasteiger partial charge in [0.15, 0.2) is 0 Å². The highest BCUT2D eigenvalue weighted by molar-refractivity contribution is 9.10. The summed E-state index contributed by atoms with van der Waals surface area (Å²) >= 11 is 3.49. The second-order valence-electron chi connectivity index (χ2n) is 3.43. The van der Waals surface area contributed by atoms with Gasteiger partial charge in [-0.2, -0.15) is 0 Å². The van der Waals surface area contributed by atoms with Crippen LogP contribution in [0, 0.1) is 11.8 Å². The van der Waals surface area contributed by atoms with E-state index in [1.807, 2.05) is 6.92 Å². The van der Waals surface area contributed by atoms with E-state index in [0.717, 1.165) is 17.3 Å². The molecule has 1 heterocycles. The van der Waals surface area contributed by atoms with E-state index in [1.54, 1.807) is 0 Å². The number of H-pyrrole nitrogens is 1. The first-order chi connectivity index (χ1) is 7.31. The highest BCUT2D eigenvalue weighted by Crippen LogP contribution is 2.23. The Labute approximate surface area is 98.0 Å². The molecule has 0 aliphatic carbocycles. The van der Waals surface area contributed by atoms with Crippen molar-refractivity contribution in [3.63, 3.8) is 0 Å². The second kappa shape index (κ2) is 4.55.